The van der Waals surface area contributed by atoms with Crippen LogP contribution in [0.4, 0.5) is 0 Å². The molecule has 2 aromatic heterocycles. The smallest absolute Gasteiger partial charge is 0.144 e. The van der Waals surface area contributed by atoms with E-state index < -0.39 is 0 Å². The summed E-state index contributed by atoms with van der Waals surface area (Å²) in [6.07, 6.45) is 1.78. The van der Waals surface area contributed by atoms with Crippen molar-refractivity contribution in [1.29, 1.82) is 0 Å². The second kappa shape index (κ2) is 10.7. The normalized spacial score (nSPS) is 14.4. The van der Waals surface area contributed by atoms with E-state index in [1.54, 1.807) is 18.0 Å². The zero-order valence-electron chi connectivity index (χ0n) is 18.4. The van der Waals surface area contributed by atoms with Gasteiger partial charge in [-0.3, -0.25) is 9.88 Å². The van der Waals surface area contributed by atoms with Gasteiger partial charge in [0.2, 0.25) is 0 Å². The maximum atomic E-state index is 5.85. The Bertz CT molecular complexity index is 1180. The van der Waals surface area contributed by atoms with Crippen molar-refractivity contribution < 1.29 is 9.47 Å². The lowest BCUT2D eigenvalue weighted by molar-refractivity contribution is 0.0330. The number of para-hydroxylation sites is 1. The van der Waals surface area contributed by atoms with E-state index in [0.29, 0.717) is 6.61 Å². The number of thioether (sulfide) groups is 1. The van der Waals surface area contributed by atoms with Crippen molar-refractivity contribution in [3.05, 3.63) is 90.0 Å². The molecule has 0 aliphatic carbocycles. The van der Waals surface area contributed by atoms with Crippen molar-refractivity contribution in [2.24, 2.45) is 0 Å². The van der Waals surface area contributed by atoms with Gasteiger partial charge in [0, 0.05) is 30.4 Å². The summed E-state index contributed by atoms with van der Waals surface area (Å²) in [4.78, 5) is 16.4. The molecule has 0 radical (unpaired) electrons. The van der Waals surface area contributed by atoms with Crippen LogP contribution in [0.1, 0.15) is 17.1 Å². The van der Waals surface area contributed by atoms with Crippen LogP contribution in [0.2, 0.25) is 0 Å². The van der Waals surface area contributed by atoms with E-state index in [9.17, 15) is 0 Å². The second-order valence-electron chi connectivity index (χ2n) is 7.89. The van der Waals surface area contributed by atoms with Gasteiger partial charge in [-0.05, 0) is 35.9 Å². The van der Waals surface area contributed by atoms with Crippen LogP contribution < -0.4 is 4.74 Å². The molecule has 0 atom stereocenters. The number of hydrogen-bond donors (Lipinski definition) is 0. The number of fused-ring (bicyclic) bond motifs is 1. The number of benzene rings is 2. The summed E-state index contributed by atoms with van der Waals surface area (Å²) in [5.74, 6) is 2.55. The molecule has 6 nitrogen and oxygen atoms in total. The van der Waals surface area contributed by atoms with Gasteiger partial charge in [-0.25, -0.2) is 9.97 Å². The van der Waals surface area contributed by atoms with Gasteiger partial charge in [0.1, 0.15) is 23.2 Å². The first kappa shape index (κ1) is 21.8. The van der Waals surface area contributed by atoms with Gasteiger partial charge < -0.3 is 9.47 Å². The third kappa shape index (κ3) is 5.87. The first-order valence-electron chi connectivity index (χ1n) is 11.1. The number of morpholine rings is 1. The second-order valence-corrected chi connectivity index (χ2v) is 8.86. The fourth-order valence-electron chi connectivity index (χ4n) is 3.71. The molecule has 0 spiro atoms. The molecule has 0 saturated carbocycles. The fourth-order valence-corrected chi connectivity index (χ4v) is 4.70. The van der Waals surface area contributed by atoms with E-state index in [1.165, 1.54) is 5.56 Å². The lowest BCUT2D eigenvalue weighted by Crippen LogP contribution is -2.36. The molecule has 1 fully saturated rings. The molecule has 0 bridgehead atoms. The number of nitrogens with zero attached hydrogens (tertiary/aromatic N) is 4. The molecule has 5 rings (SSSR count). The average molecular weight is 459 g/mol. The van der Waals surface area contributed by atoms with Crippen LogP contribution in [-0.2, 0) is 23.6 Å². The predicted molar refractivity (Wildman–Crippen MR) is 130 cm³/mol. The minimum atomic E-state index is 0.466. The lowest BCUT2D eigenvalue weighted by Gasteiger charge is -2.25. The number of ether oxygens (including phenoxy) is 2. The zero-order valence-corrected chi connectivity index (χ0v) is 19.2. The van der Waals surface area contributed by atoms with Crippen LogP contribution in [0.15, 0.2) is 78.0 Å². The van der Waals surface area contributed by atoms with Crippen molar-refractivity contribution in [1.82, 2.24) is 19.9 Å². The summed E-state index contributed by atoms with van der Waals surface area (Å²) >= 11 is 1.75. The minimum Gasteiger partial charge on any atom is -0.487 e. The highest BCUT2D eigenvalue weighted by Gasteiger charge is 2.14. The standard InChI is InChI=1S/C26H26N4O2S/c1-2-7-24-23(6-1)26(29-25(28-24)17-30-13-15-31-16-14-30)33-19-20-8-10-22(11-9-20)32-18-21-5-3-4-12-27-21/h1-12H,13-19H2. The first-order valence-corrected chi connectivity index (χ1v) is 12.1. The monoisotopic (exact) mass is 458 g/mol. The topological polar surface area (TPSA) is 60.4 Å². The van der Waals surface area contributed by atoms with Crippen LogP contribution in [0.25, 0.3) is 10.9 Å². The van der Waals surface area contributed by atoms with Crippen molar-refractivity contribution in [3.8, 4) is 5.75 Å². The highest BCUT2D eigenvalue weighted by Crippen LogP contribution is 2.29. The summed E-state index contributed by atoms with van der Waals surface area (Å²) in [5.41, 5.74) is 3.14. The molecule has 33 heavy (non-hydrogen) atoms. The third-order valence-corrected chi connectivity index (χ3v) is 6.56. The molecule has 168 valence electrons. The Morgan fingerprint density at radius 3 is 2.55 bits per heavy atom. The Kier molecular flexibility index (Phi) is 7.11. The fraction of sp³-hybridized carbons (Fsp3) is 0.269. The summed E-state index contributed by atoms with van der Waals surface area (Å²) in [6.45, 7) is 4.62. The molecular weight excluding hydrogens is 432 g/mol. The van der Waals surface area contributed by atoms with Gasteiger partial charge in [-0.1, -0.05) is 36.4 Å². The van der Waals surface area contributed by atoms with Crippen LogP contribution in [0, 0.1) is 0 Å². The maximum Gasteiger partial charge on any atom is 0.144 e. The largest absolute Gasteiger partial charge is 0.487 e. The van der Waals surface area contributed by atoms with Crippen molar-refractivity contribution in [2.45, 2.75) is 23.9 Å². The third-order valence-electron chi connectivity index (χ3n) is 5.50. The Balaban J connectivity index is 1.25. The number of aromatic nitrogens is 3. The Morgan fingerprint density at radius 1 is 0.909 bits per heavy atom. The average Bonchev–Trinajstić information content (AvgIpc) is 2.88. The Hall–Kier alpha value is -3.00. The quantitative estimate of drug-likeness (QED) is 0.279. The molecule has 1 saturated heterocycles. The number of pyridine rings is 1. The Labute approximate surface area is 198 Å². The predicted octanol–water partition coefficient (Wildman–Crippen LogP) is 4.73. The van der Waals surface area contributed by atoms with E-state index in [1.807, 2.05) is 42.5 Å². The van der Waals surface area contributed by atoms with E-state index in [0.717, 1.165) is 71.8 Å². The molecule has 0 amide bonds. The van der Waals surface area contributed by atoms with Gasteiger partial charge in [-0.2, -0.15) is 0 Å². The van der Waals surface area contributed by atoms with E-state index in [2.05, 4.69) is 34.1 Å². The van der Waals surface area contributed by atoms with Gasteiger partial charge >= 0.3 is 0 Å². The molecule has 0 unspecified atom stereocenters. The van der Waals surface area contributed by atoms with Crippen LogP contribution in [-0.4, -0.2) is 46.2 Å². The summed E-state index contributed by atoms with van der Waals surface area (Å²) in [6, 6.07) is 22.3. The summed E-state index contributed by atoms with van der Waals surface area (Å²) in [7, 11) is 0. The molecular formula is C26H26N4O2S. The minimum absolute atomic E-state index is 0.466. The molecule has 1 aliphatic rings. The molecule has 3 heterocycles. The van der Waals surface area contributed by atoms with Crippen LogP contribution in [0.5, 0.6) is 5.75 Å². The van der Waals surface area contributed by atoms with Gasteiger partial charge in [0.05, 0.1) is 31.0 Å². The SMILES string of the molecule is c1ccc(COc2ccc(CSc3nc(CN4CCOCC4)nc4ccccc34)cc2)nc1. The molecule has 0 N–H and O–H groups in total. The van der Waals surface area contributed by atoms with Crippen molar-refractivity contribution >= 4 is 22.7 Å². The zero-order chi connectivity index (χ0) is 22.3. The van der Waals surface area contributed by atoms with E-state index in [4.69, 9.17) is 19.4 Å². The number of hydrogen-bond acceptors (Lipinski definition) is 7. The molecule has 1 aliphatic heterocycles. The van der Waals surface area contributed by atoms with Crippen molar-refractivity contribution in [3.63, 3.8) is 0 Å². The highest BCUT2D eigenvalue weighted by molar-refractivity contribution is 7.98. The summed E-state index contributed by atoms with van der Waals surface area (Å²) in [5, 5.41) is 2.13. The first-order chi connectivity index (χ1) is 16.3. The molecule has 4 aromatic rings. The van der Waals surface area contributed by atoms with Gasteiger partial charge in [-0.15, -0.1) is 11.8 Å². The maximum absolute atomic E-state index is 5.85. The van der Waals surface area contributed by atoms with Crippen LogP contribution >= 0.6 is 11.8 Å². The van der Waals surface area contributed by atoms with Crippen molar-refractivity contribution in [2.75, 3.05) is 26.3 Å². The van der Waals surface area contributed by atoms with Gasteiger partial charge in [0.15, 0.2) is 0 Å². The van der Waals surface area contributed by atoms with E-state index >= 15 is 0 Å². The van der Waals surface area contributed by atoms with E-state index in [-0.39, 0.29) is 0 Å². The summed E-state index contributed by atoms with van der Waals surface area (Å²) < 4.78 is 11.3. The molecule has 2 aromatic carbocycles. The van der Waals surface area contributed by atoms with Gasteiger partial charge in [0.25, 0.3) is 0 Å². The Morgan fingerprint density at radius 2 is 1.73 bits per heavy atom. The lowest BCUT2D eigenvalue weighted by atomic mass is 10.2. The number of rotatable bonds is 8. The van der Waals surface area contributed by atoms with Crippen LogP contribution in [0.3, 0.4) is 0 Å². The highest BCUT2D eigenvalue weighted by atomic mass is 32.2. The molecule has 7 heteroatoms.